The maximum atomic E-state index is 2.44. The summed E-state index contributed by atoms with van der Waals surface area (Å²) in [6.07, 6.45) is 0. The lowest BCUT2D eigenvalue weighted by Crippen LogP contribution is -2.23. The molecular weight excluding hydrogens is 264 g/mol. The third-order valence-corrected chi connectivity index (χ3v) is 6.08. The van der Waals surface area contributed by atoms with Crippen molar-refractivity contribution in [2.75, 3.05) is 0 Å². The molecule has 1 aliphatic carbocycles. The quantitative estimate of drug-likeness (QED) is 0.570. The van der Waals surface area contributed by atoms with Gasteiger partial charge < -0.3 is 0 Å². The van der Waals surface area contributed by atoms with Gasteiger partial charge in [-0.05, 0) is 74.3 Å². The van der Waals surface area contributed by atoms with Gasteiger partial charge >= 0.3 is 0 Å². The van der Waals surface area contributed by atoms with Crippen LogP contribution in [0.1, 0.15) is 90.8 Å². The fourth-order valence-electron chi connectivity index (χ4n) is 3.66. The Morgan fingerprint density at radius 2 is 1.05 bits per heavy atom. The van der Waals surface area contributed by atoms with E-state index in [1.807, 2.05) is 0 Å². The van der Waals surface area contributed by atoms with Crippen LogP contribution in [-0.4, -0.2) is 0 Å². The summed E-state index contributed by atoms with van der Waals surface area (Å²) >= 11 is 0. The molecule has 0 amide bonds. The van der Waals surface area contributed by atoms with Crippen LogP contribution in [0, 0.1) is 0 Å². The predicted octanol–water partition coefficient (Wildman–Crippen LogP) is 6.88. The number of hydrogen-bond donors (Lipinski definition) is 0. The molecule has 0 fully saturated rings. The highest BCUT2D eigenvalue weighted by atomic mass is 14.4. The van der Waals surface area contributed by atoms with Gasteiger partial charge in [-0.3, -0.25) is 0 Å². The third kappa shape index (κ3) is 2.47. The van der Waals surface area contributed by atoms with Crippen LogP contribution >= 0.6 is 0 Å². The molecule has 1 aromatic carbocycles. The fraction of sp³-hybridized carbons (Fsp3) is 0.545. The van der Waals surface area contributed by atoms with Crippen molar-refractivity contribution < 1.29 is 0 Å². The second-order valence-electron chi connectivity index (χ2n) is 7.82. The molecule has 0 saturated heterocycles. The summed E-state index contributed by atoms with van der Waals surface area (Å²) in [6, 6.07) is 7.28. The van der Waals surface area contributed by atoms with Crippen molar-refractivity contribution in [2.24, 2.45) is 0 Å². The van der Waals surface area contributed by atoms with E-state index in [0.717, 1.165) is 0 Å². The van der Waals surface area contributed by atoms with E-state index in [0.29, 0.717) is 11.8 Å². The maximum Gasteiger partial charge on any atom is 0.0348 e. The van der Waals surface area contributed by atoms with E-state index in [9.17, 15) is 0 Å². The minimum atomic E-state index is 0.0582. The minimum Gasteiger partial charge on any atom is -0.0587 e. The van der Waals surface area contributed by atoms with Crippen LogP contribution in [0.4, 0.5) is 0 Å². The summed E-state index contributed by atoms with van der Waals surface area (Å²) < 4.78 is 0. The number of rotatable bonds is 3. The zero-order valence-electron chi connectivity index (χ0n) is 15.9. The molecule has 0 heterocycles. The zero-order chi connectivity index (χ0) is 16.8. The van der Waals surface area contributed by atoms with Crippen LogP contribution in [0.2, 0.25) is 0 Å². The van der Waals surface area contributed by atoms with Crippen molar-refractivity contribution in [3.63, 3.8) is 0 Å². The summed E-state index contributed by atoms with van der Waals surface area (Å²) in [6.45, 7) is 20.7. The monoisotopic (exact) mass is 296 g/mol. The molecule has 120 valence electrons. The molecule has 0 saturated carbocycles. The van der Waals surface area contributed by atoms with Gasteiger partial charge in [0.15, 0.2) is 0 Å². The Labute approximate surface area is 137 Å². The summed E-state index contributed by atoms with van der Waals surface area (Å²) in [4.78, 5) is 0. The smallest absolute Gasteiger partial charge is 0.0348 e. The predicted molar refractivity (Wildman–Crippen MR) is 98.7 cm³/mol. The number of allylic oxidation sites excluding steroid dienone is 4. The van der Waals surface area contributed by atoms with Crippen LogP contribution in [0.25, 0.3) is 0 Å². The van der Waals surface area contributed by atoms with Gasteiger partial charge in [-0.2, -0.15) is 0 Å². The highest BCUT2D eigenvalue weighted by molar-refractivity contribution is 5.59. The van der Waals surface area contributed by atoms with Crippen molar-refractivity contribution in [2.45, 2.75) is 79.6 Å². The molecule has 22 heavy (non-hydrogen) atoms. The molecule has 0 heteroatoms. The Morgan fingerprint density at radius 3 is 1.36 bits per heavy atom. The average molecular weight is 296 g/mol. The molecule has 1 aliphatic rings. The van der Waals surface area contributed by atoms with Crippen LogP contribution in [-0.2, 0) is 5.41 Å². The molecule has 0 nitrogen and oxygen atoms in total. The summed E-state index contributed by atoms with van der Waals surface area (Å²) in [5.74, 6) is 1.14. The van der Waals surface area contributed by atoms with Crippen LogP contribution in [0.5, 0.6) is 0 Å². The lowest BCUT2D eigenvalue weighted by molar-refractivity contribution is 0.660. The normalized spacial score (nSPS) is 18.1. The molecule has 0 spiro atoms. The van der Waals surface area contributed by atoms with E-state index in [2.05, 4.69) is 80.5 Å². The SMILES string of the molecule is CC1=C(C)C(C)(c2cc(C(C)C)cc(C(C)C)c2)C(C)=C1C. The first kappa shape index (κ1) is 17.1. The van der Waals surface area contributed by atoms with Gasteiger partial charge in [-0.15, -0.1) is 0 Å². The van der Waals surface area contributed by atoms with Gasteiger partial charge in [0.05, 0.1) is 0 Å². The van der Waals surface area contributed by atoms with Crippen LogP contribution < -0.4 is 0 Å². The van der Waals surface area contributed by atoms with E-state index < -0.39 is 0 Å². The van der Waals surface area contributed by atoms with E-state index in [-0.39, 0.29) is 5.41 Å². The fourth-order valence-corrected chi connectivity index (χ4v) is 3.66. The van der Waals surface area contributed by atoms with E-state index >= 15 is 0 Å². The maximum absolute atomic E-state index is 2.44. The summed E-state index contributed by atoms with van der Waals surface area (Å²) in [5, 5.41) is 0. The lowest BCUT2D eigenvalue weighted by atomic mass is 9.72. The van der Waals surface area contributed by atoms with Gasteiger partial charge in [0.2, 0.25) is 0 Å². The first-order chi connectivity index (χ1) is 10.1. The van der Waals surface area contributed by atoms with E-state index in [4.69, 9.17) is 0 Å². The molecule has 0 N–H and O–H groups in total. The molecule has 2 rings (SSSR count). The molecule has 0 aromatic heterocycles. The molecule has 0 aliphatic heterocycles. The topological polar surface area (TPSA) is 0 Å². The Hall–Kier alpha value is -1.30. The third-order valence-electron chi connectivity index (χ3n) is 6.08. The average Bonchev–Trinajstić information content (AvgIpc) is 2.63. The van der Waals surface area contributed by atoms with Crippen LogP contribution in [0.15, 0.2) is 40.5 Å². The first-order valence-electron chi connectivity index (χ1n) is 8.62. The highest BCUT2D eigenvalue weighted by Gasteiger charge is 2.38. The van der Waals surface area contributed by atoms with Crippen molar-refractivity contribution in [3.05, 3.63) is 57.2 Å². The molecule has 0 atom stereocenters. The second-order valence-corrected chi connectivity index (χ2v) is 7.82. The standard InChI is InChI=1S/C22H32/c1-13(2)19-10-20(14(3)4)12-21(11-19)22(9)17(7)15(5)16(6)18(22)8/h10-14H,1-9H3. The van der Waals surface area contributed by atoms with Crippen LogP contribution in [0.3, 0.4) is 0 Å². The van der Waals surface area contributed by atoms with Gasteiger partial charge in [0.1, 0.15) is 0 Å². The first-order valence-corrected chi connectivity index (χ1v) is 8.62. The largest absolute Gasteiger partial charge is 0.0587 e. The zero-order valence-corrected chi connectivity index (χ0v) is 15.9. The molecule has 0 unspecified atom stereocenters. The minimum absolute atomic E-state index is 0.0582. The van der Waals surface area contributed by atoms with Crippen molar-refractivity contribution in [1.82, 2.24) is 0 Å². The lowest BCUT2D eigenvalue weighted by Gasteiger charge is -2.32. The van der Waals surface area contributed by atoms with Crippen molar-refractivity contribution >= 4 is 0 Å². The van der Waals surface area contributed by atoms with Gasteiger partial charge in [0, 0.05) is 5.41 Å². The van der Waals surface area contributed by atoms with E-state index in [1.165, 1.54) is 39.0 Å². The summed E-state index contributed by atoms with van der Waals surface area (Å²) in [7, 11) is 0. The van der Waals surface area contributed by atoms with Gasteiger partial charge in [-0.25, -0.2) is 0 Å². The molecule has 0 radical (unpaired) electrons. The van der Waals surface area contributed by atoms with E-state index in [1.54, 1.807) is 0 Å². The number of hydrogen-bond acceptors (Lipinski definition) is 0. The summed E-state index contributed by atoms with van der Waals surface area (Å²) in [5.41, 5.74) is 10.4. The molecular formula is C22H32. The number of benzene rings is 1. The van der Waals surface area contributed by atoms with Crippen molar-refractivity contribution in [3.8, 4) is 0 Å². The van der Waals surface area contributed by atoms with Gasteiger partial charge in [0.25, 0.3) is 0 Å². The molecule has 0 bridgehead atoms. The highest BCUT2D eigenvalue weighted by Crippen LogP contribution is 2.49. The van der Waals surface area contributed by atoms with Crippen molar-refractivity contribution in [1.29, 1.82) is 0 Å². The Bertz CT molecular complexity index is 600. The van der Waals surface area contributed by atoms with Gasteiger partial charge in [-0.1, -0.05) is 57.0 Å². The Balaban J connectivity index is 2.72. The Kier molecular flexibility index (Phi) is 4.44. The second kappa shape index (κ2) is 5.72. The molecule has 1 aromatic rings. The Morgan fingerprint density at radius 1 is 0.682 bits per heavy atom.